The average molecular weight is 274 g/mol. The van der Waals surface area contributed by atoms with Crippen LogP contribution < -0.4 is 5.32 Å². The minimum atomic E-state index is -0.704. The largest absolute Gasteiger partial charge is 0.338 e. The monoisotopic (exact) mass is 274 g/mol. The van der Waals surface area contributed by atoms with Gasteiger partial charge in [-0.15, -0.1) is 0 Å². The van der Waals surface area contributed by atoms with Gasteiger partial charge in [0, 0.05) is 6.42 Å². The van der Waals surface area contributed by atoms with E-state index >= 15 is 0 Å². The topological polar surface area (TPSA) is 52.9 Å². The van der Waals surface area contributed by atoms with Gasteiger partial charge in [0.05, 0.1) is 6.07 Å². The first kappa shape index (κ1) is 14.5. The molecule has 2 rings (SSSR count). The Labute approximate surface area is 118 Å². The predicted molar refractivity (Wildman–Crippen MR) is 74.3 cm³/mol. The van der Waals surface area contributed by atoms with Crippen molar-refractivity contribution >= 4 is 5.91 Å². The Bertz CT molecular complexity index is 515. The first-order valence-electron chi connectivity index (χ1n) is 7.11. The number of carbonyl (C=O) groups excluding carboxylic acids is 1. The van der Waals surface area contributed by atoms with Crippen LogP contribution in [0.4, 0.5) is 4.39 Å². The number of hydrogen-bond acceptors (Lipinski definition) is 2. The van der Waals surface area contributed by atoms with E-state index in [1.807, 2.05) is 0 Å². The van der Waals surface area contributed by atoms with Gasteiger partial charge in [-0.3, -0.25) is 4.79 Å². The molecule has 1 fully saturated rings. The Morgan fingerprint density at radius 3 is 2.65 bits per heavy atom. The molecule has 0 unspecified atom stereocenters. The van der Waals surface area contributed by atoms with Crippen LogP contribution in [0.1, 0.15) is 44.1 Å². The standard InChI is InChI=1S/C16H19FN2O/c17-14-7-3-2-6-13(14)8-9-15(20)19-16(12-18)10-4-1-5-11-16/h2-3,6-7H,1,4-5,8-11H2,(H,19,20). The number of aryl methyl sites for hydroxylation is 1. The molecule has 0 atom stereocenters. The van der Waals surface area contributed by atoms with Gasteiger partial charge in [0.1, 0.15) is 11.4 Å². The minimum Gasteiger partial charge on any atom is -0.338 e. The number of nitrogens with one attached hydrogen (secondary N) is 1. The average Bonchev–Trinajstić information content (AvgIpc) is 2.47. The smallest absolute Gasteiger partial charge is 0.221 e. The van der Waals surface area contributed by atoms with E-state index in [1.165, 1.54) is 6.07 Å². The molecular formula is C16H19FN2O. The molecule has 1 aliphatic carbocycles. The number of hydrogen-bond donors (Lipinski definition) is 1. The molecule has 1 N–H and O–H groups in total. The van der Waals surface area contributed by atoms with Crippen molar-refractivity contribution < 1.29 is 9.18 Å². The van der Waals surface area contributed by atoms with Gasteiger partial charge >= 0.3 is 0 Å². The summed E-state index contributed by atoms with van der Waals surface area (Å²) in [6.45, 7) is 0. The third kappa shape index (κ3) is 3.57. The molecule has 3 nitrogen and oxygen atoms in total. The molecule has 1 aromatic carbocycles. The van der Waals surface area contributed by atoms with Gasteiger partial charge in [-0.05, 0) is 30.9 Å². The highest BCUT2D eigenvalue weighted by Crippen LogP contribution is 2.27. The van der Waals surface area contributed by atoms with Crippen molar-refractivity contribution in [3.63, 3.8) is 0 Å². The molecule has 1 amide bonds. The van der Waals surface area contributed by atoms with Crippen LogP contribution in [0.5, 0.6) is 0 Å². The summed E-state index contributed by atoms with van der Waals surface area (Å²) < 4.78 is 13.5. The molecule has 4 heteroatoms. The maximum absolute atomic E-state index is 13.5. The lowest BCUT2D eigenvalue weighted by Gasteiger charge is -2.31. The van der Waals surface area contributed by atoms with Crippen molar-refractivity contribution in [3.8, 4) is 6.07 Å². The minimum absolute atomic E-state index is 0.170. The second kappa shape index (κ2) is 6.51. The van der Waals surface area contributed by atoms with Gasteiger partial charge in [0.25, 0.3) is 0 Å². The van der Waals surface area contributed by atoms with E-state index in [0.717, 1.165) is 32.1 Å². The molecule has 106 valence electrons. The summed E-state index contributed by atoms with van der Waals surface area (Å²) in [6.07, 6.45) is 5.07. The lowest BCUT2D eigenvalue weighted by atomic mass is 9.82. The van der Waals surface area contributed by atoms with E-state index in [1.54, 1.807) is 18.2 Å². The third-order valence-corrected chi connectivity index (χ3v) is 3.88. The van der Waals surface area contributed by atoms with Crippen molar-refractivity contribution in [1.82, 2.24) is 5.32 Å². The summed E-state index contributed by atoms with van der Waals surface area (Å²) in [5, 5.41) is 12.1. The second-order valence-electron chi connectivity index (χ2n) is 5.39. The molecular weight excluding hydrogens is 255 g/mol. The van der Waals surface area contributed by atoms with E-state index < -0.39 is 5.54 Å². The number of carbonyl (C=O) groups is 1. The first-order chi connectivity index (χ1) is 9.65. The molecule has 0 aromatic heterocycles. The Balaban J connectivity index is 1.89. The van der Waals surface area contributed by atoms with E-state index in [4.69, 9.17) is 0 Å². The number of rotatable bonds is 4. The van der Waals surface area contributed by atoms with Crippen LogP contribution in [0.15, 0.2) is 24.3 Å². The van der Waals surface area contributed by atoms with Crippen LogP contribution >= 0.6 is 0 Å². The van der Waals surface area contributed by atoms with E-state index in [9.17, 15) is 14.4 Å². The summed E-state index contributed by atoms with van der Waals surface area (Å²) >= 11 is 0. The fourth-order valence-corrected chi connectivity index (χ4v) is 2.70. The zero-order valence-electron chi connectivity index (χ0n) is 11.5. The van der Waals surface area contributed by atoms with Crippen LogP contribution in [-0.2, 0) is 11.2 Å². The van der Waals surface area contributed by atoms with E-state index in [2.05, 4.69) is 11.4 Å². The van der Waals surface area contributed by atoms with Crippen molar-refractivity contribution in [3.05, 3.63) is 35.6 Å². The van der Waals surface area contributed by atoms with Crippen molar-refractivity contribution in [2.45, 2.75) is 50.5 Å². The Morgan fingerprint density at radius 2 is 2.00 bits per heavy atom. The molecule has 1 aromatic rings. The van der Waals surface area contributed by atoms with Crippen LogP contribution in [0.2, 0.25) is 0 Å². The number of nitrogens with zero attached hydrogens (tertiary/aromatic N) is 1. The normalized spacial score (nSPS) is 17.2. The van der Waals surface area contributed by atoms with Crippen LogP contribution in [-0.4, -0.2) is 11.4 Å². The third-order valence-electron chi connectivity index (χ3n) is 3.88. The molecule has 1 saturated carbocycles. The number of amides is 1. The molecule has 1 aliphatic rings. The maximum Gasteiger partial charge on any atom is 0.221 e. The fourth-order valence-electron chi connectivity index (χ4n) is 2.70. The van der Waals surface area contributed by atoms with E-state index in [-0.39, 0.29) is 18.1 Å². The highest BCUT2D eigenvalue weighted by molar-refractivity contribution is 5.77. The van der Waals surface area contributed by atoms with Crippen molar-refractivity contribution in [2.75, 3.05) is 0 Å². The zero-order valence-corrected chi connectivity index (χ0v) is 11.5. The molecule has 0 heterocycles. The highest BCUT2D eigenvalue weighted by Gasteiger charge is 2.33. The summed E-state index contributed by atoms with van der Waals surface area (Å²) in [6, 6.07) is 8.72. The van der Waals surface area contributed by atoms with Gasteiger partial charge in [-0.1, -0.05) is 37.5 Å². The molecule has 0 spiro atoms. The number of benzene rings is 1. The van der Waals surface area contributed by atoms with Gasteiger partial charge in [0.15, 0.2) is 0 Å². The number of halogens is 1. The quantitative estimate of drug-likeness (QED) is 0.917. The maximum atomic E-state index is 13.5. The lowest BCUT2D eigenvalue weighted by molar-refractivity contribution is -0.122. The van der Waals surface area contributed by atoms with Crippen molar-refractivity contribution in [2.24, 2.45) is 0 Å². The predicted octanol–water partition coefficient (Wildman–Crippen LogP) is 3.10. The Morgan fingerprint density at radius 1 is 1.30 bits per heavy atom. The SMILES string of the molecule is N#CC1(NC(=O)CCc2ccccc2F)CCCCC1. The molecule has 0 radical (unpaired) electrons. The summed E-state index contributed by atoms with van der Waals surface area (Å²) in [7, 11) is 0. The molecule has 20 heavy (non-hydrogen) atoms. The summed E-state index contributed by atoms with van der Waals surface area (Å²) in [5.74, 6) is -0.454. The Kier molecular flexibility index (Phi) is 4.73. The second-order valence-corrected chi connectivity index (χ2v) is 5.39. The molecule has 0 bridgehead atoms. The molecule has 0 saturated heterocycles. The summed E-state index contributed by atoms with van der Waals surface area (Å²) in [5.41, 5.74) is -0.165. The first-order valence-corrected chi connectivity index (χ1v) is 7.11. The number of nitriles is 1. The summed E-state index contributed by atoms with van der Waals surface area (Å²) in [4.78, 5) is 12.0. The fraction of sp³-hybridized carbons (Fsp3) is 0.500. The zero-order chi connectivity index (χ0) is 14.4. The van der Waals surface area contributed by atoms with Crippen LogP contribution in [0.3, 0.4) is 0 Å². The lowest BCUT2D eigenvalue weighted by Crippen LogP contribution is -2.48. The van der Waals surface area contributed by atoms with Crippen LogP contribution in [0.25, 0.3) is 0 Å². The van der Waals surface area contributed by atoms with Crippen LogP contribution in [0, 0.1) is 17.1 Å². The van der Waals surface area contributed by atoms with Crippen molar-refractivity contribution in [1.29, 1.82) is 5.26 Å². The molecule has 0 aliphatic heterocycles. The van der Waals surface area contributed by atoms with Gasteiger partial charge in [-0.2, -0.15) is 5.26 Å². The van der Waals surface area contributed by atoms with Gasteiger partial charge in [0.2, 0.25) is 5.91 Å². The van der Waals surface area contributed by atoms with Gasteiger partial charge < -0.3 is 5.32 Å². The van der Waals surface area contributed by atoms with Gasteiger partial charge in [-0.25, -0.2) is 4.39 Å². The van der Waals surface area contributed by atoms with E-state index in [0.29, 0.717) is 12.0 Å². The highest BCUT2D eigenvalue weighted by atomic mass is 19.1. The Hall–Kier alpha value is -1.89.